The Morgan fingerprint density at radius 1 is 1.47 bits per heavy atom. The fourth-order valence-electron chi connectivity index (χ4n) is 1.59. The highest BCUT2D eigenvalue weighted by Crippen LogP contribution is 2.23. The van der Waals surface area contributed by atoms with Crippen molar-refractivity contribution in [2.24, 2.45) is 0 Å². The first-order chi connectivity index (χ1) is 7.10. The second kappa shape index (κ2) is 5.90. The molecule has 0 aliphatic heterocycles. The van der Waals surface area contributed by atoms with Gasteiger partial charge in [-0.05, 0) is 26.2 Å². The van der Waals surface area contributed by atoms with Crippen LogP contribution in [0.3, 0.4) is 0 Å². The van der Waals surface area contributed by atoms with Gasteiger partial charge in [-0.2, -0.15) is 5.10 Å². The molecule has 0 aliphatic rings. The van der Waals surface area contributed by atoms with Crippen LogP contribution in [-0.4, -0.2) is 14.6 Å². The number of aromatic nitrogens is 2. The summed E-state index contributed by atoms with van der Waals surface area (Å²) in [7, 11) is 0. The number of nitrogens with zero attached hydrogens (tertiary/aromatic N) is 2. The lowest BCUT2D eigenvalue weighted by molar-refractivity contribution is 0.603. The first-order valence-electron chi connectivity index (χ1n) is 5.48. The lowest BCUT2D eigenvalue weighted by atomic mass is 10.2. The molecule has 1 unspecified atom stereocenters. The monoisotopic (exact) mass is 292 g/mol. The van der Waals surface area contributed by atoms with Gasteiger partial charge in [0.15, 0.2) is 0 Å². The van der Waals surface area contributed by atoms with E-state index in [1.807, 2.05) is 4.68 Å². The molecule has 0 aliphatic carbocycles. The molecule has 0 amide bonds. The number of hydrogen-bond donors (Lipinski definition) is 0. The molecule has 0 aromatic carbocycles. The Bertz CT molecular complexity index is 321. The number of halogens is 2. The van der Waals surface area contributed by atoms with E-state index in [4.69, 9.17) is 11.6 Å². The van der Waals surface area contributed by atoms with Gasteiger partial charge in [0.05, 0.1) is 16.4 Å². The zero-order valence-electron chi connectivity index (χ0n) is 9.56. The minimum atomic E-state index is 0.527. The summed E-state index contributed by atoms with van der Waals surface area (Å²) in [6, 6.07) is 0. The molecule has 86 valence electrons. The Morgan fingerprint density at radius 3 is 2.60 bits per heavy atom. The third-order valence-electron chi connectivity index (χ3n) is 2.47. The van der Waals surface area contributed by atoms with Gasteiger partial charge < -0.3 is 0 Å². The molecule has 0 fully saturated rings. The van der Waals surface area contributed by atoms with E-state index in [0.717, 1.165) is 36.5 Å². The van der Waals surface area contributed by atoms with E-state index >= 15 is 0 Å². The molecule has 1 aromatic rings. The quantitative estimate of drug-likeness (QED) is 0.754. The molecule has 1 rings (SSSR count). The van der Waals surface area contributed by atoms with Gasteiger partial charge in [-0.25, -0.2) is 0 Å². The van der Waals surface area contributed by atoms with Crippen LogP contribution in [0.25, 0.3) is 0 Å². The Kier molecular flexibility index (Phi) is 5.13. The summed E-state index contributed by atoms with van der Waals surface area (Å²) < 4.78 is 2.02. The van der Waals surface area contributed by atoms with Crippen molar-refractivity contribution in [2.45, 2.75) is 51.4 Å². The zero-order chi connectivity index (χ0) is 11.4. The third-order valence-corrected chi connectivity index (χ3v) is 3.37. The number of rotatable bonds is 5. The van der Waals surface area contributed by atoms with Crippen LogP contribution in [0.1, 0.15) is 38.6 Å². The van der Waals surface area contributed by atoms with Gasteiger partial charge in [-0.3, -0.25) is 4.68 Å². The molecule has 1 aromatic heterocycles. The van der Waals surface area contributed by atoms with Gasteiger partial charge in [-0.1, -0.05) is 41.4 Å². The van der Waals surface area contributed by atoms with Crippen molar-refractivity contribution in [2.75, 3.05) is 0 Å². The molecule has 0 N–H and O–H groups in total. The lowest BCUT2D eigenvalue weighted by Crippen LogP contribution is -2.05. The Hall–Kier alpha value is -0.0200. The zero-order valence-corrected chi connectivity index (χ0v) is 11.9. The van der Waals surface area contributed by atoms with Crippen molar-refractivity contribution in [1.29, 1.82) is 0 Å². The summed E-state index contributed by atoms with van der Waals surface area (Å²) >= 11 is 9.85. The van der Waals surface area contributed by atoms with Gasteiger partial charge in [0, 0.05) is 11.4 Å². The van der Waals surface area contributed by atoms with Crippen LogP contribution in [-0.2, 0) is 19.4 Å². The molecule has 1 heterocycles. The predicted molar refractivity (Wildman–Crippen MR) is 69.0 cm³/mol. The smallest absolute Gasteiger partial charge is 0.0849 e. The minimum Gasteiger partial charge on any atom is -0.268 e. The maximum Gasteiger partial charge on any atom is 0.0849 e. The standard InChI is InChI=1S/C11H18BrClN2/c1-4-9-11(13)10(7-6-8(3)12)15(5-2)14-9/h8H,4-7H2,1-3H3. The number of aryl methyl sites for hydroxylation is 2. The highest BCUT2D eigenvalue weighted by atomic mass is 79.9. The molecule has 0 saturated heterocycles. The average Bonchev–Trinajstić information content (AvgIpc) is 2.51. The van der Waals surface area contributed by atoms with Gasteiger partial charge in [-0.15, -0.1) is 0 Å². The maximum absolute atomic E-state index is 6.29. The largest absolute Gasteiger partial charge is 0.268 e. The van der Waals surface area contributed by atoms with Crippen molar-refractivity contribution < 1.29 is 0 Å². The van der Waals surface area contributed by atoms with Gasteiger partial charge in [0.25, 0.3) is 0 Å². The van der Waals surface area contributed by atoms with E-state index in [9.17, 15) is 0 Å². The fourth-order valence-corrected chi connectivity index (χ4v) is 2.18. The van der Waals surface area contributed by atoms with Crippen LogP contribution in [0.2, 0.25) is 5.02 Å². The van der Waals surface area contributed by atoms with Gasteiger partial charge in [0.2, 0.25) is 0 Å². The summed E-state index contributed by atoms with van der Waals surface area (Å²) in [5.41, 5.74) is 2.21. The Balaban J connectivity index is 2.88. The summed E-state index contributed by atoms with van der Waals surface area (Å²) in [6.07, 6.45) is 2.99. The van der Waals surface area contributed by atoms with Gasteiger partial charge in [0.1, 0.15) is 0 Å². The number of hydrogen-bond acceptors (Lipinski definition) is 1. The van der Waals surface area contributed by atoms with Crippen LogP contribution in [0.15, 0.2) is 0 Å². The highest BCUT2D eigenvalue weighted by molar-refractivity contribution is 9.09. The van der Waals surface area contributed by atoms with Crippen molar-refractivity contribution in [1.82, 2.24) is 9.78 Å². The topological polar surface area (TPSA) is 17.8 Å². The molecule has 0 spiro atoms. The van der Waals surface area contributed by atoms with Crippen molar-refractivity contribution >= 4 is 27.5 Å². The van der Waals surface area contributed by atoms with E-state index in [2.05, 4.69) is 41.8 Å². The fraction of sp³-hybridized carbons (Fsp3) is 0.727. The third kappa shape index (κ3) is 3.22. The average molecular weight is 294 g/mol. The van der Waals surface area contributed by atoms with Crippen LogP contribution in [0, 0.1) is 0 Å². The van der Waals surface area contributed by atoms with E-state index in [1.165, 1.54) is 5.69 Å². The number of alkyl halides is 1. The minimum absolute atomic E-state index is 0.527. The highest BCUT2D eigenvalue weighted by Gasteiger charge is 2.14. The predicted octanol–water partition coefficient (Wildman–Crippen LogP) is 3.83. The molecule has 0 bridgehead atoms. The van der Waals surface area contributed by atoms with E-state index in [0.29, 0.717) is 4.83 Å². The summed E-state index contributed by atoms with van der Waals surface area (Å²) in [5.74, 6) is 0. The van der Waals surface area contributed by atoms with E-state index in [-0.39, 0.29) is 0 Å². The maximum atomic E-state index is 6.29. The van der Waals surface area contributed by atoms with E-state index < -0.39 is 0 Å². The van der Waals surface area contributed by atoms with Crippen molar-refractivity contribution in [3.05, 3.63) is 16.4 Å². The SMILES string of the molecule is CCc1nn(CC)c(CCC(C)Br)c1Cl. The first kappa shape index (κ1) is 13.0. The van der Waals surface area contributed by atoms with Crippen molar-refractivity contribution in [3.8, 4) is 0 Å². The van der Waals surface area contributed by atoms with E-state index in [1.54, 1.807) is 0 Å². The lowest BCUT2D eigenvalue weighted by Gasteiger charge is -2.06. The Morgan fingerprint density at radius 2 is 2.13 bits per heavy atom. The molecule has 0 saturated carbocycles. The molecular weight excluding hydrogens is 275 g/mol. The van der Waals surface area contributed by atoms with Gasteiger partial charge >= 0.3 is 0 Å². The molecule has 15 heavy (non-hydrogen) atoms. The molecule has 1 atom stereocenters. The summed E-state index contributed by atoms with van der Waals surface area (Å²) in [4.78, 5) is 0.527. The first-order valence-corrected chi connectivity index (χ1v) is 6.77. The van der Waals surface area contributed by atoms with Crippen LogP contribution in [0.4, 0.5) is 0 Å². The summed E-state index contributed by atoms with van der Waals surface area (Å²) in [5, 5.41) is 5.36. The van der Waals surface area contributed by atoms with Crippen LogP contribution >= 0.6 is 27.5 Å². The summed E-state index contributed by atoms with van der Waals surface area (Å²) in [6.45, 7) is 7.24. The van der Waals surface area contributed by atoms with Crippen LogP contribution < -0.4 is 0 Å². The normalized spacial score (nSPS) is 13.1. The second-order valence-corrected chi connectivity index (χ2v) is 5.64. The van der Waals surface area contributed by atoms with Crippen molar-refractivity contribution in [3.63, 3.8) is 0 Å². The molecule has 2 nitrogen and oxygen atoms in total. The second-order valence-electron chi connectivity index (χ2n) is 3.70. The Labute approximate surface area is 105 Å². The molecule has 0 radical (unpaired) electrons. The van der Waals surface area contributed by atoms with Crippen LogP contribution in [0.5, 0.6) is 0 Å². The molecule has 4 heteroatoms. The molecular formula is C11H18BrClN2.